The minimum absolute atomic E-state index is 0.179. The number of nitrogens with zero attached hydrogens (tertiary/aromatic N) is 3. The summed E-state index contributed by atoms with van der Waals surface area (Å²) < 4.78 is 19.5. The van der Waals surface area contributed by atoms with Crippen LogP contribution in [0.3, 0.4) is 0 Å². The number of thiazole rings is 1. The molecule has 0 bridgehead atoms. The van der Waals surface area contributed by atoms with E-state index in [-0.39, 0.29) is 17.7 Å². The molecule has 4 aromatic carbocycles. The third-order valence-electron chi connectivity index (χ3n) is 7.62. The average Bonchev–Trinajstić information content (AvgIpc) is 3.37. The molecule has 1 aromatic heterocycles. The van der Waals surface area contributed by atoms with Crippen molar-refractivity contribution in [2.75, 3.05) is 13.7 Å². The molecule has 1 aliphatic heterocycles. The predicted molar refractivity (Wildman–Crippen MR) is 173 cm³/mol. The van der Waals surface area contributed by atoms with Gasteiger partial charge in [0.15, 0.2) is 4.80 Å². The normalized spacial score (nSPS) is 14.4. The van der Waals surface area contributed by atoms with Crippen molar-refractivity contribution in [3.05, 3.63) is 138 Å². The number of allylic oxidation sites excluding steroid dienone is 1. The number of carbonyl (C=O) groups excluding carboxylic acids is 1. The molecule has 8 nitrogen and oxygen atoms in total. The highest BCUT2D eigenvalue weighted by molar-refractivity contribution is 7.07. The highest BCUT2D eigenvalue weighted by atomic mass is 32.1. The van der Waals surface area contributed by atoms with Crippen molar-refractivity contribution in [3.63, 3.8) is 0 Å². The van der Waals surface area contributed by atoms with Crippen LogP contribution in [0.25, 0.3) is 16.8 Å². The number of hydrogen-bond acceptors (Lipinski definition) is 8. The lowest BCUT2D eigenvalue weighted by Gasteiger charge is -2.27. The molecule has 0 saturated heterocycles. The van der Waals surface area contributed by atoms with Crippen molar-refractivity contribution in [2.45, 2.75) is 26.5 Å². The van der Waals surface area contributed by atoms with Gasteiger partial charge in [-0.2, -0.15) is 5.26 Å². The van der Waals surface area contributed by atoms with Gasteiger partial charge in [-0.3, -0.25) is 9.36 Å². The van der Waals surface area contributed by atoms with Gasteiger partial charge in [0.25, 0.3) is 5.56 Å². The SMILES string of the molecule is CCOC(=O)C1=C(C)N=c2s/c(=C\c3ccccc3OCc3ccc(C#N)cc3)c(=O)n2[C@@H]1c1c(OC)ccc2ccccc12. The number of nitriles is 1. The molecule has 224 valence electrons. The zero-order chi connectivity index (χ0) is 31.5. The second-order valence-corrected chi connectivity index (χ2v) is 11.3. The van der Waals surface area contributed by atoms with E-state index in [1.165, 1.54) is 11.3 Å². The average molecular weight is 616 g/mol. The van der Waals surface area contributed by atoms with Crippen molar-refractivity contribution in [1.82, 2.24) is 4.57 Å². The van der Waals surface area contributed by atoms with Gasteiger partial charge >= 0.3 is 5.97 Å². The van der Waals surface area contributed by atoms with E-state index >= 15 is 0 Å². The molecule has 1 aliphatic rings. The Balaban J connectivity index is 1.50. The summed E-state index contributed by atoms with van der Waals surface area (Å²) in [5.41, 5.74) is 3.37. The molecule has 0 aliphatic carbocycles. The Morgan fingerprint density at radius 1 is 1.02 bits per heavy atom. The van der Waals surface area contributed by atoms with Crippen LogP contribution in [-0.4, -0.2) is 24.3 Å². The molecule has 0 fully saturated rings. The minimum atomic E-state index is -0.827. The topological polar surface area (TPSA) is 103 Å². The van der Waals surface area contributed by atoms with Gasteiger partial charge in [-0.25, -0.2) is 9.79 Å². The first-order chi connectivity index (χ1) is 21.9. The van der Waals surface area contributed by atoms with Crippen LogP contribution in [0, 0.1) is 11.3 Å². The first-order valence-corrected chi connectivity index (χ1v) is 15.2. The van der Waals surface area contributed by atoms with Crippen LogP contribution >= 0.6 is 11.3 Å². The molecule has 0 amide bonds. The summed E-state index contributed by atoms with van der Waals surface area (Å²) in [6.45, 7) is 3.98. The third-order valence-corrected chi connectivity index (χ3v) is 8.61. The molecular formula is C36H29N3O5S. The highest BCUT2D eigenvalue weighted by Gasteiger charge is 2.36. The molecule has 2 heterocycles. The molecule has 6 rings (SSSR count). The van der Waals surface area contributed by atoms with Gasteiger partial charge < -0.3 is 14.2 Å². The van der Waals surface area contributed by atoms with Crippen LogP contribution in [0.1, 0.15) is 42.1 Å². The number of benzene rings is 4. The number of fused-ring (bicyclic) bond motifs is 2. The fourth-order valence-electron chi connectivity index (χ4n) is 5.51. The molecule has 45 heavy (non-hydrogen) atoms. The standard InChI is InChI=1S/C36H29N3O5S/c1-4-43-35(41)31-22(2)38-36-39(33(31)32-27-11-7-5-9-25(27)17-18-29(32)42-3)34(40)30(45-36)19-26-10-6-8-12-28(26)44-21-24-15-13-23(20-37)14-16-24/h5-19,33H,4,21H2,1-3H3/b30-19-/t33-/m0/s1. The second kappa shape index (κ2) is 12.6. The van der Waals surface area contributed by atoms with E-state index in [2.05, 4.69) is 6.07 Å². The maximum atomic E-state index is 14.3. The minimum Gasteiger partial charge on any atom is -0.496 e. The largest absolute Gasteiger partial charge is 0.496 e. The van der Waals surface area contributed by atoms with Crippen molar-refractivity contribution < 1.29 is 19.0 Å². The second-order valence-electron chi connectivity index (χ2n) is 10.3. The van der Waals surface area contributed by atoms with Gasteiger partial charge in [0, 0.05) is 11.1 Å². The zero-order valence-corrected chi connectivity index (χ0v) is 25.8. The number of aromatic nitrogens is 1. The Bertz CT molecular complexity index is 2190. The van der Waals surface area contributed by atoms with E-state index in [1.807, 2.05) is 72.8 Å². The van der Waals surface area contributed by atoms with Crippen molar-refractivity contribution in [1.29, 1.82) is 5.26 Å². The Hall–Kier alpha value is -5.46. The van der Waals surface area contributed by atoms with Gasteiger partial charge in [-0.15, -0.1) is 0 Å². The summed E-state index contributed by atoms with van der Waals surface area (Å²) in [5.74, 6) is 0.615. The third kappa shape index (κ3) is 5.64. The van der Waals surface area contributed by atoms with E-state index in [1.54, 1.807) is 43.7 Å². The van der Waals surface area contributed by atoms with E-state index in [0.29, 0.717) is 44.3 Å². The Morgan fingerprint density at radius 3 is 2.53 bits per heavy atom. The summed E-state index contributed by atoms with van der Waals surface area (Å²) in [7, 11) is 1.58. The van der Waals surface area contributed by atoms with Gasteiger partial charge in [-0.05, 0) is 60.5 Å². The summed E-state index contributed by atoms with van der Waals surface area (Å²) in [6.07, 6.45) is 1.79. The van der Waals surface area contributed by atoms with Crippen molar-refractivity contribution in [2.24, 2.45) is 4.99 Å². The van der Waals surface area contributed by atoms with E-state index in [4.69, 9.17) is 24.5 Å². The fourth-order valence-corrected chi connectivity index (χ4v) is 6.55. The van der Waals surface area contributed by atoms with Gasteiger partial charge in [0.05, 0.1) is 41.2 Å². The van der Waals surface area contributed by atoms with Crippen molar-refractivity contribution in [3.8, 4) is 17.6 Å². The Morgan fingerprint density at radius 2 is 1.78 bits per heavy atom. The van der Waals surface area contributed by atoms with E-state index in [9.17, 15) is 9.59 Å². The van der Waals surface area contributed by atoms with Crippen LogP contribution in [-0.2, 0) is 16.1 Å². The quantitative estimate of drug-likeness (QED) is 0.216. The molecule has 0 radical (unpaired) electrons. The maximum Gasteiger partial charge on any atom is 0.338 e. The Labute approximate surface area is 263 Å². The zero-order valence-electron chi connectivity index (χ0n) is 24.9. The highest BCUT2D eigenvalue weighted by Crippen LogP contribution is 2.40. The number of rotatable bonds is 8. The summed E-state index contributed by atoms with van der Waals surface area (Å²) in [5, 5.41) is 10.9. The number of ether oxygens (including phenoxy) is 3. The molecule has 0 unspecified atom stereocenters. The van der Waals surface area contributed by atoms with Crippen LogP contribution in [0.4, 0.5) is 0 Å². The monoisotopic (exact) mass is 615 g/mol. The van der Waals surface area contributed by atoms with Gasteiger partial charge in [0.2, 0.25) is 0 Å². The van der Waals surface area contributed by atoms with Crippen molar-refractivity contribution >= 4 is 34.2 Å². The molecule has 0 saturated carbocycles. The fraction of sp³-hybridized carbons (Fsp3) is 0.167. The summed E-state index contributed by atoms with van der Waals surface area (Å²) in [4.78, 5) is 33.0. The smallest absolute Gasteiger partial charge is 0.338 e. The molecule has 1 atom stereocenters. The van der Waals surface area contributed by atoms with Crippen LogP contribution in [0.15, 0.2) is 106 Å². The lowest BCUT2D eigenvalue weighted by molar-refractivity contribution is -0.139. The van der Waals surface area contributed by atoms with Crippen LogP contribution in [0.5, 0.6) is 11.5 Å². The Kier molecular flexibility index (Phi) is 8.32. The van der Waals surface area contributed by atoms with Crippen LogP contribution < -0.4 is 24.4 Å². The summed E-state index contributed by atoms with van der Waals surface area (Å²) in [6, 6.07) is 27.6. The number of para-hydroxylation sites is 1. The molecule has 5 aromatic rings. The molecule has 9 heteroatoms. The molecule has 0 spiro atoms. The number of methoxy groups -OCH3 is 1. The first kappa shape index (κ1) is 29.6. The maximum absolute atomic E-state index is 14.3. The number of esters is 1. The number of hydrogen-bond donors (Lipinski definition) is 0. The van der Waals surface area contributed by atoms with E-state index in [0.717, 1.165) is 21.9 Å². The first-order valence-electron chi connectivity index (χ1n) is 14.4. The van der Waals surface area contributed by atoms with Crippen LogP contribution in [0.2, 0.25) is 0 Å². The number of carbonyl (C=O) groups is 1. The van der Waals surface area contributed by atoms with E-state index < -0.39 is 12.0 Å². The predicted octanol–water partition coefficient (Wildman–Crippen LogP) is 5.41. The lowest BCUT2D eigenvalue weighted by atomic mass is 9.90. The molecular weight excluding hydrogens is 586 g/mol. The molecule has 0 N–H and O–H groups in total. The summed E-state index contributed by atoms with van der Waals surface area (Å²) >= 11 is 1.25. The van der Waals surface area contributed by atoms with Gasteiger partial charge in [-0.1, -0.05) is 72.0 Å². The lowest BCUT2D eigenvalue weighted by Crippen LogP contribution is -2.40. The van der Waals surface area contributed by atoms with Gasteiger partial charge in [0.1, 0.15) is 24.1 Å².